The maximum absolute atomic E-state index is 4.56. The molecular weight excluding hydrogens is 254 g/mol. The van der Waals surface area contributed by atoms with Crippen LogP contribution >= 0.6 is 11.8 Å². The molecule has 1 aromatic heterocycles. The smallest absolute Gasteiger partial charge is 0.0544 e. The summed E-state index contributed by atoms with van der Waals surface area (Å²) in [6.07, 6.45) is 5.35. The highest BCUT2D eigenvalue weighted by atomic mass is 32.2. The Labute approximate surface area is 122 Å². The Bertz CT molecular complexity index is 340. The van der Waals surface area contributed by atoms with Crippen molar-refractivity contribution < 1.29 is 0 Å². The molecule has 1 aromatic rings. The summed E-state index contributed by atoms with van der Waals surface area (Å²) in [5.74, 6) is 1.19. The third kappa shape index (κ3) is 5.93. The molecule has 1 rings (SSSR count). The van der Waals surface area contributed by atoms with Gasteiger partial charge in [-0.15, -0.1) is 0 Å². The molecular formula is C15H27N3S. The van der Waals surface area contributed by atoms with Gasteiger partial charge in [-0.05, 0) is 37.9 Å². The zero-order valence-electron chi connectivity index (χ0n) is 12.6. The van der Waals surface area contributed by atoms with Gasteiger partial charge in [0.15, 0.2) is 0 Å². The topological polar surface area (TPSA) is 28.2 Å². The lowest BCUT2D eigenvalue weighted by Gasteiger charge is -2.26. The van der Waals surface area contributed by atoms with Gasteiger partial charge < -0.3 is 5.32 Å². The maximum Gasteiger partial charge on any atom is 0.0544 e. The van der Waals surface area contributed by atoms with Crippen LogP contribution in [0.4, 0.5) is 0 Å². The highest BCUT2D eigenvalue weighted by Gasteiger charge is 2.12. The Balaban J connectivity index is 2.51. The molecule has 3 nitrogen and oxygen atoms in total. The minimum atomic E-state index is 0.637. The predicted octanol–water partition coefficient (Wildman–Crippen LogP) is 2.76. The first-order valence-corrected chi connectivity index (χ1v) is 8.44. The van der Waals surface area contributed by atoms with Crippen molar-refractivity contribution in [2.24, 2.45) is 0 Å². The van der Waals surface area contributed by atoms with E-state index in [1.165, 1.54) is 17.7 Å². The van der Waals surface area contributed by atoms with Crippen molar-refractivity contribution >= 4 is 11.8 Å². The van der Waals surface area contributed by atoms with Gasteiger partial charge in [0.2, 0.25) is 0 Å². The molecule has 1 atom stereocenters. The summed E-state index contributed by atoms with van der Waals surface area (Å²) >= 11 is 1.91. The van der Waals surface area contributed by atoms with Crippen LogP contribution < -0.4 is 5.32 Å². The Hall–Kier alpha value is -0.580. The summed E-state index contributed by atoms with van der Waals surface area (Å²) in [4.78, 5) is 6.97. The minimum Gasteiger partial charge on any atom is -0.313 e. The Morgan fingerprint density at radius 2 is 2.16 bits per heavy atom. The quantitative estimate of drug-likeness (QED) is 0.753. The Kier molecular flexibility index (Phi) is 8.10. The van der Waals surface area contributed by atoms with E-state index in [4.69, 9.17) is 0 Å². The van der Waals surface area contributed by atoms with Crippen molar-refractivity contribution in [3.05, 3.63) is 29.6 Å². The van der Waals surface area contributed by atoms with Gasteiger partial charge in [-0.1, -0.05) is 19.9 Å². The fourth-order valence-electron chi connectivity index (χ4n) is 2.06. The number of nitrogens with one attached hydrogen (secondary N) is 1. The first-order valence-electron chi connectivity index (χ1n) is 7.04. The Morgan fingerprint density at radius 1 is 1.37 bits per heavy atom. The summed E-state index contributed by atoms with van der Waals surface area (Å²) in [7, 11) is 2.19. The van der Waals surface area contributed by atoms with Gasteiger partial charge in [0.05, 0.1) is 5.69 Å². The molecule has 0 aliphatic rings. The molecule has 0 radical (unpaired) electrons. The van der Waals surface area contributed by atoms with E-state index in [-0.39, 0.29) is 0 Å². The highest BCUT2D eigenvalue weighted by molar-refractivity contribution is 7.98. The van der Waals surface area contributed by atoms with Gasteiger partial charge in [-0.2, -0.15) is 11.8 Å². The van der Waals surface area contributed by atoms with Crippen molar-refractivity contribution in [1.82, 2.24) is 15.2 Å². The van der Waals surface area contributed by atoms with Crippen molar-refractivity contribution in [3.63, 3.8) is 0 Å². The van der Waals surface area contributed by atoms with Crippen molar-refractivity contribution in [2.45, 2.75) is 39.4 Å². The monoisotopic (exact) mass is 281 g/mol. The second-order valence-electron chi connectivity index (χ2n) is 4.87. The minimum absolute atomic E-state index is 0.637. The van der Waals surface area contributed by atoms with Gasteiger partial charge in [0, 0.05) is 31.1 Å². The van der Waals surface area contributed by atoms with Crippen LogP contribution in [0.5, 0.6) is 0 Å². The largest absolute Gasteiger partial charge is 0.313 e. The molecule has 0 bridgehead atoms. The van der Waals surface area contributed by atoms with E-state index in [1.807, 2.05) is 18.0 Å². The van der Waals surface area contributed by atoms with E-state index in [0.29, 0.717) is 6.04 Å². The first kappa shape index (κ1) is 16.5. The molecule has 0 aliphatic carbocycles. The summed E-state index contributed by atoms with van der Waals surface area (Å²) in [6, 6.07) is 4.96. The Morgan fingerprint density at radius 3 is 2.68 bits per heavy atom. The lowest BCUT2D eigenvalue weighted by Crippen LogP contribution is -2.32. The molecule has 0 saturated heterocycles. The molecule has 0 amide bonds. The zero-order chi connectivity index (χ0) is 14.1. The molecule has 4 heteroatoms. The molecule has 0 aromatic carbocycles. The van der Waals surface area contributed by atoms with E-state index in [9.17, 15) is 0 Å². The lowest BCUT2D eigenvalue weighted by molar-refractivity contribution is 0.245. The predicted molar refractivity (Wildman–Crippen MR) is 85.5 cm³/mol. The van der Waals surface area contributed by atoms with Crippen molar-refractivity contribution in [1.29, 1.82) is 0 Å². The average Bonchev–Trinajstić information content (AvgIpc) is 2.43. The van der Waals surface area contributed by atoms with Crippen molar-refractivity contribution in [3.8, 4) is 0 Å². The fraction of sp³-hybridized carbons (Fsp3) is 0.667. The third-order valence-electron chi connectivity index (χ3n) is 3.33. The van der Waals surface area contributed by atoms with Crippen LogP contribution in [-0.2, 0) is 13.1 Å². The number of hydrogen-bond donors (Lipinski definition) is 1. The highest BCUT2D eigenvalue weighted by Crippen LogP contribution is 2.11. The molecule has 0 spiro atoms. The molecule has 1 N–H and O–H groups in total. The fourth-order valence-corrected chi connectivity index (χ4v) is 2.93. The van der Waals surface area contributed by atoms with E-state index in [2.05, 4.69) is 54.5 Å². The normalized spacial score (nSPS) is 12.9. The van der Waals surface area contributed by atoms with Gasteiger partial charge in [0.25, 0.3) is 0 Å². The third-order valence-corrected chi connectivity index (χ3v) is 4.05. The van der Waals surface area contributed by atoms with Crippen LogP contribution in [0.25, 0.3) is 0 Å². The van der Waals surface area contributed by atoms with Gasteiger partial charge in [-0.3, -0.25) is 9.88 Å². The molecule has 0 aliphatic heterocycles. The molecule has 0 saturated carbocycles. The molecule has 19 heavy (non-hydrogen) atoms. The van der Waals surface area contributed by atoms with Gasteiger partial charge >= 0.3 is 0 Å². The number of aromatic nitrogens is 1. The number of rotatable bonds is 9. The first-order chi connectivity index (χ1) is 9.21. The van der Waals surface area contributed by atoms with Gasteiger partial charge in [0.1, 0.15) is 0 Å². The lowest BCUT2D eigenvalue weighted by atomic mass is 10.2. The summed E-state index contributed by atoms with van der Waals surface area (Å²) < 4.78 is 0. The summed E-state index contributed by atoms with van der Waals surface area (Å²) in [5, 5.41) is 3.32. The average molecular weight is 281 g/mol. The second-order valence-corrected chi connectivity index (χ2v) is 5.78. The number of nitrogens with zero attached hydrogens (tertiary/aromatic N) is 2. The molecule has 1 heterocycles. The van der Waals surface area contributed by atoms with Crippen LogP contribution in [0.2, 0.25) is 0 Å². The number of thioether (sulfide) groups is 1. The van der Waals surface area contributed by atoms with E-state index >= 15 is 0 Å². The van der Waals surface area contributed by atoms with E-state index in [1.54, 1.807) is 0 Å². The van der Waals surface area contributed by atoms with Gasteiger partial charge in [-0.25, -0.2) is 0 Å². The number of pyridine rings is 1. The SMILES string of the molecule is CCNCc1ccc(CN(C)C(CC)CSC)nc1. The van der Waals surface area contributed by atoms with E-state index < -0.39 is 0 Å². The second kappa shape index (κ2) is 9.34. The molecule has 108 valence electrons. The molecule has 1 unspecified atom stereocenters. The van der Waals surface area contributed by atoms with Crippen LogP contribution in [0.15, 0.2) is 18.3 Å². The number of hydrogen-bond acceptors (Lipinski definition) is 4. The summed E-state index contributed by atoms with van der Waals surface area (Å²) in [5.41, 5.74) is 2.41. The zero-order valence-corrected chi connectivity index (χ0v) is 13.5. The van der Waals surface area contributed by atoms with Crippen LogP contribution in [0, 0.1) is 0 Å². The standard InChI is InChI=1S/C15H27N3S/c1-5-15(12-19-4)18(3)11-14-8-7-13(10-17-14)9-16-6-2/h7-8,10,15-16H,5-6,9,11-12H2,1-4H3. The van der Waals surface area contributed by atoms with Crippen LogP contribution in [0.1, 0.15) is 31.5 Å². The maximum atomic E-state index is 4.56. The summed E-state index contributed by atoms with van der Waals surface area (Å²) in [6.45, 7) is 7.21. The van der Waals surface area contributed by atoms with Crippen LogP contribution in [-0.4, -0.2) is 41.5 Å². The van der Waals surface area contributed by atoms with Crippen molar-refractivity contribution in [2.75, 3.05) is 25.6 Å². The van der Waals surface area contributed by atoms with Crippen LogP contribution in [0.3, 0.4) is 0 Å². The van der Waals surface area contributed by atoms with E-state index in [0.717, 1.165) is 25.3 Å². The molecule has 0 fully saturated rings.